The Labute approximate surface area is 770 Å². The lowest BCUT2D eigenvalue weighted by Crippen LogP contribution is -2.53. The first-order valence-corrected chi connectivity index (χ1v) is 41.8. The van der Waals surface area contributed by atoms with Gasteiger partial charge in [0.2, 0.25) is 47.3 Å². The van der Waals surface area contributed by atoms with Crippen LogP contribution >= 0.6 is 0 Å². The Morgan fingerprint density at radius 3 is 0.993 bits per heavy atom. The summed E-state index contributed by atoms with van der Waals surface area (Å²) in [6, 6.07) is 29.7. The molecule has 0 aliphatic carbocycles. The smallest absolute Gasteiger partial charge is 0.490 e. The summed E-state index contributed by atoms with van der Waals surface area (Å²) in [7, 11) is 3.17. The molecule has 6 saturated heterocycles. The van der Waals surface area contributed by atoms with Crippen molar-refractivity contribution in [3.8, 4) is 41.8 Å². The van der Waals surface area contributed by atoms with Crippen LogP contribution in [-0.2, 0) is 83.5 Å². The van der Waals surface area contributed by atoms with Crippen molar-refractivity contribution in [3.63, 3.8) is 0 Å². The number of aliphatic carboxylic acids is 4. The molecule has 1 aromatic heterocycles. The zero-order valence-corrected chi connectivity index (χ0v) is 73.3. The van der Waals surface area contributed by atoms with Crippen LogP contribution in [0, 0.1) is 56.7 Å². The Balaban J connectivity index is 0.000000292. The van der Waals surface area contributed by atoms with E-state index in [1.54, 1.807) is 63.0 Å². The Bertz CT molecular complexity index is 4950. The number of amides is 9. The van der Waals surface area contributed by atoms with E-state index < -0.39 is 96.9 Å². The van der Waals surface area contributed by atoms with Crippen LogP contribution in [0.2, 0.25) is 0 Å². The number of methoxy groups -OCH3 is 2. The number of ether oxygens (including phenoxy) is 2. The topological polar surface area (TPSA) is 590 Å². The predicted molar refractivity (Wildman–Crippen MR) is 447 cm³/mol. The first-order valence-electron chi connectivity index (χ1n) is 41.8. The van der Waals surface area contributed by atoms with Gasteiger partial charge in [-0.1, -0.05) is 42.5 Å². The van der Waals surface area contributed by atoms with Crippen LogP contribution in [0.4, 0.5) is 58.5 Å². The van der Waals surface area contributed by atoms with Gasteiger partial charge in [0.15, 0.2) is 11.5 Å². The third kappa shape index (κ3) is 34.0. The Hall–Kier alpha value is -14.2. The van der Waals surface area contributed by atoms with Gasteiger partial charge in [-0.05, 0) is 123 Å². The highest BCUT2D eigenvalue weighted by atomic mass is 19.4. The number of rotatable bonds is 16. The van der Waals surface area contributed by atoms with Crippen molar-refractivity contribution in [1.29, 1.82) is 26.3 Å². The first-order chi connectivity index (χ1) is 63.9. The molecule has 6 fully saturated rings. The molecule has 0 radical (unpaired) electrons. The van der Waals surface area contributed by atoms with E-state index in [1.807, 2.05) is 54.6 Å². The number of aromatic nitrogens is 1. The fraction of sp³-hybridized carbons (Fsp3) is 0.518. The summed E-state index contributed by atoms with van der Waals surface area (Å²) in [5.74, 6) is -10.9. The van der Waals surface area contributed by atoms with Gasteiger partial charge >= 0.3 is 48.6 Å². The second-order valence-electron chi connectivity index (χ2n) is 31.0. The lowest BCUT2D eigenvalue weighted by atomic mass is 9.98. The SMILES string of the molecule is COc1cc2c(cc1OC)CN(C(=O)C[C@H](N)C(=O)N1CCC[C@H]1C#N)CC2.N#C[C@@H]1CCCN1C(=O)[C@@H](N)CC(=O)N1CCN(C(=O)c2ccccc2)CC1.N#C[C@@H]1CCCN1C(=O)[C@@H](N)CC(=O)N1CCc2ccccc2C1.N#Cc1ccc(N2CCN(C(=O)C[C@H](N)C(=O)N3CCC[C@H]3C#N)CC2)nc1.O=C(O)C(F)(F)F.O=C(O)C(F)(F)F.O=C(O)C(F)(F)F.O=C(O)C(F)(F)F. The average molecular weight is 1930 g/mol. The largest absolute Gasteiger partial charge is 0.493 e. The van der Waals surface area contributed by atoms with Gasteiger partial charge in [0.25, 0.3) is 5.91 Å². The van der Waals surface area contributed by atoms with Crippen LogP contribution < -0.4 is 37.3 Å². The second kappa shape index (κ2) is 52.4. The number of nitrogens with zero attached hydrogens (tertiary/aromatic N) is 16. The molecule has 0 spiro atoms. The molecule has 39 nitrogen and oxygen atoms in total. The molecule has 8 aliphatic rings. The van der Waals surface area contributed by atoms with Crippen molar-refractivity contribution in [3.05, 3.63) is 118 Å². The summed E-state index contributed by atoms with van der Waals surface area (Å²) in [6.45, 7) is 8.36. The number of nitrogens with two attached hydrogens (primary N) is 4. The predicted octanol–water partition coefficient (Wildman–Crippen LogP) is 4.19. The van der Waals surface area contributed by atoms with Crippen molar-refractivity contribution >= 4 is 82.9 Å². The van der Waals surface area contributed by atoms with Crippen molar-refractivity contribution in [2.24, 2.45) is 22.9 Å². The number of anilines is 1. The van der Waals surface area contributed by atoms with Crippen molar-refractivity contribution in [2.75, 3.05) is 111 Å². The number of carbonyl (C=O) groups excluding carboxylic acids is 9. The van der Waals surface area contributed by atoms with Gasteiger partial charge in [0.1, 0.15) is 36.1 Å². The van der Waals surface area contributed by atoms with Crippen LogP contribution in [-0.4, -0.2) is 325 Å². The highest BCUT2D eigenvalue weighted by Gasteiger charge is 2.43. The zero-order valence-electron chi connectivity index (χ0n) is 73.3. The van der Waals surface area contributed by atoms with Crippen molar-refractivity contribution in [2.45, 2.75) is 176 Å². The molecular weight excluding hydrogens is 1830 g/mol. The van der Waals surface area contributed by atoms with Crippen molar-refractivity contribution < 1.29 is 145 Å². The number of nitriles is 5. The maximum Gasteiger partial charge on any atom is 0.490 e. The molecule has 0 unspecified atom stereocenters. The van der Waals surface area contributed by atoms with Crippen LogP contribution in [0.5, 0.6) is 11.5 Å². The average Bonchev–Trinajstić information content (AvgIpc) is 0.875. The lowest BCUT2D eigenvalue weighted by molar-refractivity contribution is -0.193. The summed E-state index contributed by atoms with van der Waals surface area (Å²) < 4.78 is 138. The number of alkyl halides is 12. The van der Waals surface area contributed by atoms with E-state index >= 15 is 0 Å². The van der Waals surface area contributed by atoms with Gasteiger partial charge in [0.05, 0.1) is 93.9 Å². The van der Waals surface area contributed by atoms with Gasteiger partial charge < -0.3 is 102 Å². The number of halogens is 12. The Morgan fingerprint density at radius 2 is 0.684 bits per heavy atom. The summed E-state index contributed by atoms with van der Waals surface area (Å²) in [5.41, 5.74) is 29.6. The number of carbonyl (C=O) groups is 13. The molecule has 9 heterocycles. The molecule has 0 saturated carbocycles. The van der Waals surface area contributed by atoms with Crippen LogP contribution in [0.25, 0.3) is 0 Å². The van der Waals surface area contributed by atoms with E-state index in [2.05, 4.69) is 40.2 Å². The van der Waals surface area contributed by atoms with Gasteiger partial charge in [-0.2, -0.15) is 79.0 Å². The van der Waals surface area contributed by atoms with E-state index in [9.17, 15) is 95.8 Å². The number of hydrogen-bond donors (Lipinski definition) is 8. The molecule has 12 N–H and O–H groups in total. The second-order valence-corrected chi connectivity index (χ2v) is 31.0. The number of hydrogen-bond acceptors (Lipinski definition) is 26. The van der Waals surface area contributed by atoms with Crippen LogP contribution in [0.15, 0.2) is 85.1 Å². The Morgan fingerprint density at radius 1 is 0.390 bits per heavy atom. The van der Waals surface area contributed by atoms with E-state index in [4.69, 9.17) is 98.3 Å². The monoisotopic (exact) mass is 1930 g/mol. The number of piperazine rings is 2. The minimum Gasteiger partial charge on any atom is -0.493 e. The zero-order chi connectivity index (χ0) is 102. The number of pyridine rings is 1. The number of benzene rings is 3. The van der Waals surface area contributed by atoms with E-state index in [0.29, 0.717) is 159 Å². The lowest BCUT2D eigenvalue weighted by Gasteiger charge is -2.36. The van der Waals surface area contributed by atoms with E-state index in [-0.39, 0.29) is 78.8 Å². The van der Waals surface area contributed by atoms with E-state index in [0.717, 1.165) is 54.6 Å². The summed E-state index contributed by atoms with van der Waals surface area (Å²) in [6.07, 6.45) is -11.6. The molecule has 51 heteroatoms. The highest BCUT2D eigenvalue weighted by Crippen LogP contribution is 2.34. The fourth-order valence-corrected chi connectivity index (χ4v) is 14.7. The quantitative estimate of drug-likeness (QED) is 0.0729. The van der Waals surface area contributed by atoms with Gasteiger partial charge in [-0.25, -0.2) is 24.2 Å². The third-order valence-electron chi connectivity index (χ3n) is 21.9. The molecule has 12 rings (SSSR count). The molecule has 3 aromatic carbocycles. The Kier molecular flexibility index (Phi) is 43.3. The summed E-state index contributed by atoms with van der Waals surface area (Å²) in [5, 5.41) is 73.8. The highest BCUT2D eigenvalue weighted by molar-refractivity contribution is 5.95. The molecule has 8 aliphatic heterocycles. The van der Waals surface area contributed by atoms with Crippen LogP contribution in [0.1, 0.15) is 115 Å². The molecule has 4 aromatic rings. The van der Waals surface area contributed by atoms with Crippen molar-refractivity contribution in [1.82, 2.24) is 49.1 Å². The summed E-state index contributed by atoms with van der Waals surface area (Å²) in [4.78, 5) is 169. The molecule has 9 amide bonds. The number of carboxylic acids is 4. The normalized spacial score (nSPS) is 18.5. The molecular formula is C85H100F12N20O19. The van der Waals surface area contributed by atoms with Gasteiger partial charge in [0, 0.05) is 116 Å². The standard InChI is InChI=1S/C20H25N5O3.C20H26N4O4.C19H23N7O2.C18H22N4O2.4C2HF3O2/c21-14-16-7-4-8-25(16)20(28)17(22)13-18(26)23-9-11-24(12-10-23)19(27)15-5-2-1-3-6-15;1-27-17-8-13-5-7-23(12-14(13)9-18(17)28-2)19(25)10-16(22)20(26)24-6-3-4-15(24)11-21;20-11-14-3-4-17(23-13-14)24-6-8-25(9-7-24)18(27)10-16(22)19(28)26-5-1-2-15(26)12-21;19-11-15-6-3-8-22(15)18(24)16(20)10-17(23)21-9-7-13-4-1-2-5-14(13)12-21;4*3-2(4,5)1(6)7/h1-3,5-6,16-17H,4,7-13,22H2;8-9,15-16H,3-7,10,12,22H2,1-2H3;3-4,13,15-16H,1-2,5-10,22H2;1-2,4-5,15-16H,3,6-10,12,20H2;4*(H,6,7)/t16-,17-;3*15-,16-;;;;/m0000..../s1. The molecule has 136 heavy (non-hydrogen) atoms. The maximum absolute atomic E-state index is 12.7. The summed E-state index contributed by atoms with van der Waals surface area (Å²) >= 11 is 0. The minimum absolute atomic E-state index is 0.00432. The third-order valence-corrected chi connectivity index (χ3v) is 21.9. The first kappa shape index (κ1) is 112. The number of likely N-dealkylation sites (tertiary alicyclic amines) is 4. The fourth-order valence-electron chi connectivity index (χ4n) is 14.7. The maximum atomic E-state index is 12.7. The molecule has 738 valence electrons. The van der Waals surface area contributed by atoms with Crippen LogP contribution in [0.3, 0.4) is 0 Å². The van der Waals surface area contributed by atoms with E-state index in [1.165, 1.54) is 31.4 Å². The molecule has 8 atom stereocenters. The minimum atomic E-state index is -5.08. The van der Waals surface area contributed by atoms with Gasteiger partial charge in [-0.3, -0.25) is 43.2 Å². The molecule has 0 bridgehead atoms. The number of fused-ring (bicyclic) bond motifs is 2. The number of carboxylic acid groups (broad SMARTS) is 4. The van der Waals surface area contributed by atoms with Gasteiger partial charge in [-0.15, -0.1) is 0 Å².